The van der Waals surface area contributed by atoms with Crippen molar-refractivity contribution in [1.29, 1.82) is 0 Å². The number of benzene rings is 1. The lowest BCUT2D eigenvalue weighted by molar-refractivity contribution is 0.652. The highest BCUT2D eigenvalue weighted by Gasteiger charge is 2.12. The summed E-state index contributed by atoms with van der Waals surface area (Å²) in [4.78, 5) is 0. The molecule has 3 heteroatoms. The molecule has 2 aromatic rings. The Labute approximate surface area is 122 Å². The first-order valence-corrected chi connectivity index (χ1v) is 7.18. The normalized spacial score (nSPS) is 11.1. The Hall–Kier alpha value is -1.61. The largest absolute Gasteiger partial charge is 0.316 e. The molecule has 0 unspecified atom stereocenters. The van der Waals surface area contributed by atoms with Crippen LogP contribution in [0.15, 0.2) is 12.1 Å². The predicted octanol–water partition coefficient (Wildman–Crippen LogP) is 3.19. The van der Waals surface area contributed by atoms with Crippen molar-refractivity contribution in [1.82, 2.24) is 15.1 Å². The fourth-order valence-electron chi connectivity index (χ4n) is 2.93. The number of nitrogens with one attached hydrogen (secondary N) is 1. The van der Waals surface area contributed by atoms with Crippen molar-refractivity contribution in [2.75, 3.05) is 7.05 Å². The zero-order valence-corrected chi connectivity index (χ0v) is 13.5. The molecular weight excluding hydrogens is 246 g/mol. The molecule has 1 aromatic heterocycles. The van der Waals surface area contributed by atoms with Gasteiger partial charge in [-0.3, -0.25) is 4.68 Å². The van der Waals surface area contributed by atoms with Gasteiger partial charge in [-0.25, -0.2) is 0 Å². The summed E-state index contributed by atoms with van der Waals surface area (Å²) in [7, 11) is 1.98. The summed E-state index contributed by atoms with van der Waals surface area (Å²) in [6, 6.07) is 4.51. The van der Waals surface area contributed by atoms with Crippen molar-refractivity contribution < 1.29 is 0 Å². The molecule has 1 heterocycles. The van der Waals surface area contributed by atoms with Crippen molar-refractivity contribution >= 4 is 0 Å². The van der Waals surface area contributed by atoms with Crippen LogP contribution in [-0.2, 0) is 13.1 Å². The lowest BCUT2D eigenvalue weighted by Crippen LogP contribution is -2.09. The summed E-state index contributed by atoms with van der Waals surface area (Å²) in [6.07, 6.45) is 0. The monoisotopic (exact) mass is 271 g/mol. The molecule has 0 aliphatic rings. The number of aromatic nitrogens is 2. The van der Waals surface area contributed by atoms with Crippen LogP contribution in [0.1, 0.15) is 39.2 Å². The lowest BCUT2D eigenvalue weighted by atomic mass is 10.00. The van der Waals surface area contributed by atoms with Gasteiger partial charge >= 0.3 is 0 Å². The first-order chi connectivity index (χ1) is 9.43. The van der Waals surface area contributed by atoms with Gasteiger partial charge in [-0.05, 0) is 58.4 Å². The third kappa shape index (κ3) is 2.78. The van der Waals surface area contributed by atoms with Gasteiger partial charge in [0.15, 0.2) is 0 Å². The molecule has 0 aliphatic carbocycles. The van der Waals surface area contributed by atoms with Crippen LogP contribution in [0.3, 0.4) is 0 Å². The van der Waals surface area contributed by atoms with Gasteiger partial charge in [-0.2, -0.15) is 5.10 Å². The summed E-state index contributed by atoms with van der Waals surface area (Å²) >= 11 is 0. The van der Waals surface area contributed by atoms with Crippen molar-refractivity contribution in [3.05, 3.63) is 51.3 Å². The van der Waals surface area contributed by atoms with Crippen LogP contribution in [-0.4, -0.2) is 16.8 Å². The maximum Gasteiger partial charge on any atom is 0.0667 e. The van der Waals surface area contributed by atoms with E-state index in [4.69, 9.17) is 5.10 Å². The molecule has 3 nitrogen and oxygen atoms in total. The van der Waals surface area contributed by atoms with Gasteiger partial charge in [0, 0.05) is 17.8 Å². The highest BCUT2D eigenvalue weighted by Crippen LogP contribution is 2.20. The van der Waals surface area contributed by atoms with E-state index < -0.39 is 0 Å². The Morgan fingerprint density at radius 3 is 2.15 bits per heavy atom. The minimum atomic E-state index is 0.855. The van der Waals surface area contributed by atoms with Crippen LogP contribution in [0.2, 0.25) is 0 Å². The van der Waals surface area contributed by atoms with Gasteiger partial charge in [-0.1, -0.05) is 17.7 Å². The second-order valence-corrected chi connectivity index (χ2v) is 5.71. The standard InChI is InChI=1S/C17H25N3/c1-11-7-12(2)17(13(3)8-11)10-20-15(5)16(9-18-6)14(4)19-20/h7-8,18H,9-10H2,1-6H3. The average molecular weight is 271 g/mol. The maximum absolute atomic E-state index is 4.71. The molecule has 1 N–H and O–H groups in total. The molecule has 0 fully saturated rings. The molecule has 0 saturated heterocycles. The SMILES string of the molecule is CNCc1c(C)nn(Cc2c(C)cc(C)cc2C)c1C. The Morgan fingerprint density at radius 2 is 1.60 bits per heavy atom. The van der Waals surface area contributed by atoms with Crippen LogP contribution in [0.25, 0.3) is 0 Å². The highest BCUT2D eigenvalue weighted by molar-refractivity contribution is 5.38. The third-order valence-corrected chi connectivity index (χ3v) is 4.03. The lowest BCUT2D eigenvalue weighted by Gasteiger charge is -2.13. The summed E-state index contributed by atoms with van der Waals surface area (Å²) < 4.78 is 2.13. The number of rotatable bonds is 4. The number of aryl methyl sites for hydroxylation is 4. The average Bonchev–Trinajstić information content (AvgIpc) is 2.62. The minimum absolute atomic E-state index is 0.855. The van der Waals surface area contributed by atoms with E-state index in [1.165, 1.54) is 33.5 Å². The minimum Gasteiger partial charge on any atom is -0.316 e. The first kappa shape index (κ1) is 14.8. The quantitative estimate of drug-likeness (QED) is 0.925. The van der Waals surface area contributed by atoms with Crippen LogP contribution in [0.5, 0.6) is 0 Å². The molecule has 0 bridgehead atoms. The molecule has 0 amide bonds. The van der Waals surface area contributed by atoms with Crippen molar-refractivity contribution in [2.45, 2.75) is 47.7 Å². The predicted molar refractivity (Wildman–Crippen MR) is 84.2 cm³/mol. The molecule has 0 aliphatic heterocycles. The van der Waals surface area contributed by atoms with Gasteiger partial charge in [0.1, 0.15) is 0 Å². The molecule has 1 aromatic carbocycles. The molecule has 0 saturated carbocycles. The van der Waals surface area contributed by atoms with E-state index in [0.29, 0.717) is 0 Å². The van der Waals surface area contributed by atoms with Gasteiger partial charge in [0.25, 0.3) is 0 Å². The van der Waals surface area contributed by atoms with Gasteiger partial charge in [-0.15, -0.1) is 0 Å². The molecule has 0 spiro atoms. The summed E-state index contributed by atoms with van der Waals surface area (Å²) in [6.45, 7) is 12.5. The molecule has 0 atom stereocenters. The van der Waals surface area contributed by atoms with Crippen molar-refractivity contribution in [3.63, 3.8) is 0 Å². The Morgan fingerprint density at radius 1 is 1.00 bits per heavy atom. The van der Waals surface area contributed by atoms with Crippen LogP contribution < -0.4 is 5.32 Å². The Kier molecular flexibility index (Phi) is 4.29. The number of hydrogen-bond acceptors (Lipinski definition) is 2. The van der Waals surface area contributed by atoms with E-state index >= 15 is 0 Å². The molecular formula is C17H25N3. The van der Waals surface area contributed by atoms with Crippen molar-refractivity contribution in [3.8, 4) is 0 Å². The van der Waals surface area contributed by atoms with Crippen LogP contribution in [0, 0.1) is 34.6 Å². The summed E-state index contributed by atoms with van der Waals surface area (Å²) in [5.41, 5.74) is 9.12. The van der Waals surface area contributed by atoms with Crippen molar-refractivity contribution in [2.24, 2.45) is 0 Å². The summed E-state index contributed by atoms with van der Waals surface area (Å²) in [5.74, 6) is 0. The van der Waals surface area contributed by atoms with Gasteiger partial charge < -0.3 is 5.32 Å². The van der Waals surface area contributed by atoms with Gasteiger partial charge in [0.05, 0.1) is 12.2 Å². The van der Waals surface area contributed by atoms with Crippen LogP contribution in [0.4, 0.5) is 0 Å². The van der Waals surface area contributed by atoms with E-state index in [0.717, 1.165) is 18.8 Å². The number of nitrogens with zero attached hydrogens (tertiary/aromatic N) is 2. The zero-order chi connectivity index (χ0) is 14.9. The zero-order valence-electron chi connectivity index (χ0n) is 13.5. The molecule has 0 radical (unpaired) electrons. The fraction of sp³-hybridized carbons (Fsp3) is 0.471. The Balaban J connectivity index is 2.38. The third-order valence-electron chi connectivity index (χ3n) is 4.03. The Bertz CT molecular complexity index is 600. The fourth-order valence-corrected chi connectivity index (χ4v) is 2.93. The van der Waals surface area contributed by atoms with E-state index in [1.807, 2.05) is 7.05 Å². The summed E-state index contributed by atoms with van der Waals surface area (Å²) in [5, 5.41) is 7.93. The van der Waals surface area contributed by atoms with E-state index in [9.17, 15) is 0 Å². The molecule has 108 valence electrons. The molecule has 20 heavy (non-hydrogen) atoms. The van der Waals surface area contributed by atoms with E-state index in [-0.39, 0.29) is 0 Å². The van der Waals surface area contributed by atoms with E-state index in [2.05, 4.69) is 56.8 Å². The maximum atomic E-state index is 4.71. The molecule has 2 rings (SSSR count). The van der Waals surface area contributed by atoms with Crippen LogP contribution >= 0.6 is 0 Å². The smallest absolute Gasteiger partial charge is 0.0667 e. The first-order valence-electron chi connectivity index (χ1n) is 7.18. The second kappa shape index (κ2) is 5.80. The topological polar surface area (TPSA) is 29.9 Å². The van der Waals surface area contributed by atoms with E-state index in [1.54, 1.807) is 0 Å². The second-order valence-electron chi connectivity index (χ2n) is 5.71. The highest BCUT2D eigenvalue weighted by atomic mass is 15.3. The number of hydrogen-bond donors (Lipinski definition) is 1. The van der Waals surface area contributed by atoms with Gasteiger partial charge in [0.2, 0.25) is 0 Å².